The van der Waals surface area contributed by atoms with Gasteiger partial charge in [-0.2, -0.15) is 11.8 Å². The van der Waals surface area contributed by atoms with E-state index in [0.29, 0.717) is 5.56 Å². The van der Waals surface area contributed by atoms with Gasteiger partial charge in [-0.15, -0.1) is 0 Å². The molecule has 0 aliphatic heterocycles. The summed E-state index contributed by atoms with van der Waals surface area (Å²) in [6.07, 6.45) is -2.08. The Kier molecular flexibility index (Phi) is 26.0. The minimum atomic E-state index is -4.98. The average Bonchev–Trinajstić information content (AvgIpc) is 3.30. The number of carbonyl (C=O) groups is 10. The molecule has 28 heteroatoms. The summed E-state index contributed by atoms with van der Waals surface area (Å²) in [4.78, 5) is 149. The van der Waals surface area contributed by atoms with E-state index in [1.807, 2.05) is 0 Å². The fourth-order valence-corrected chi connectivity index (χ4v) is 7.68. The van der Waals surface area contributed by atoms with E-state index in [0.717, 1.165) is 12.1 Å². The first-order valence-electron chi connectivity index (χ1n) is 22.8. The van der Waals surface area contributed by atoms with Crippen molar-refractivity contribution in [2.24, 2.45) is 23.3 Å². The highest BCUT2D eigenvalue weighted by Gasteiger charge is 2.36. The Morgan fingerprint density at radius 2 is 1.25 bits per heavy atom. The van der Waals surface area contributed by atoms with Crippen LogP contribution >= 0.6 is 19.6 Å². The van der Waals surface area contributed by atoms with E-state index in [9.17, 15) is 72.5 Å². The van der Waals surface area contributed by atoms with Crippen LogP contribution in [0.25, 0.3) is 0 Å². The normalized spacial score (nSPS) is 14.6. The quantitative estimate of drug-likeness (QED) is 0.0355. The fourth-order valence-electron chi connectivity index (χ4n) is 6.81. The standard InChI is InChI=1S/C45H66N9O17PS/c1-23(2)19-30(39(60)48-22-34(56)49-29(45(66)67)15-16-35(57)58)51-42(63)32(21-33(46)55)53-41(62)31(20-25-11-13-27(14-12-25)71-72(68,69)70)52-40(61)28(17-18-73-5)50-44(65)37(24(3)4)54-43(64)36(47)38(59)26-9-7-6-8-10-26/h6-14,23-24,28-32,36-38,59H,15-22,47H2,1-5H3,(H2,46,55)(H,48,60)(H,49,56)(H,50,65)(H,51,63)(H,52,61)(H,53,62)(H,54,64)(H,57,58)(H,66,67)(H2,68,69,70)/t28-,29+,30+,31+,32+,36+,37+,38?/m1/s1. The molecule has 73 heavy (non-hydrogen) atoms. The molecule has 2 aromatic carbocycles. The number of carboxylic acids is 2. The lowest BCUT2D eigenvalue weighted by atomic mass is 9.99. The Labute approximate surface area is 424 Å². The first-order chi connectivity index (χ1) is 34.1. The summed E-state index contributed by atoms with van der Waals surface area (Å²) in [6, 6.07) is 2.40. The molecule has 2 rings (SSSR count). The van der Waals surface area contributed by atoms with Gasteiger partial charge in [-0.3, -0.25) is 52.9 Å². The molecule has 16 N–H and O–H groups in total. The van der Waals surface area contributed by atoms with E-state index in [1.165, 1.54) is 23.9 Å². The van der Waals surface area contributed by atoms with E-state index in [-0.39, 0.29) is 35.8 Å². The number of phosphoric ester groups is 1. The zero-order valence-electron chi connectivity index (χ0n) is 40.8. The molecule has 2 aromatic rings. The summed E-state index contributed by atoms with van der Waals surface area (Å²) in [7, 11) is -4.98. The number of hydrogen-bond donors (Lipinski definition) is 14. The van der Waals surface area contributed by atoms with Crippen LogP contribution in [0.2, 0.25) is 0 Å². The number of aliphatic hydroxyl groups is 1. The maximum absolute atomic E-state index is 14.3. The SMILES string of the molecule is CSCC[C@@H](NC(=O)[C@@H](NC(=O)[C@@H](N)C(O)c1ccccc1)C(C)C)C(=O)N[C@@H](Cc1ccc(OP(=O)(O)O)cc1)C(=O)N[C@@H](CC(N)=O)C(=O)N[C@@H](CC(C)C)C(=O)NCC(=O)N[C@@H](CCC(=O)O)C(=O)O. The number of primary amides is 1. The van der Waals surface area contributed by atoms with E-state index in [4.69, 9.17) is 16.6 Å². The van der Waals surface area contributed by atoms with Crippen LogP contribution < -0.4 is 53.2 Å². The summed E-state index contributed by atoms with van der Waals surface area (Å²) < 4.78 is 16.0. The number of phosphoric acid groups is 1. The highest BCUT2D eigenvalue weighted by molar-refractivity contribution is 7.98. The van der Waals surface area contributed by atoms with Gasteiger partial charge in [-0.05, 0) is 66.4 Å². The first kappa shape index (κ1) is 62.5. The minimum Gasteiger partial charge on any atom is -0.481 e. The third-order valence-corrected chi connectivity index (χ3v) is 11.7. The lowest BCUT2D eigenvalue weighted by molar-refractivity contribution is -0.143. The smallest absolute Gasteiger partial charge is 0.481 e. The summed E-state index contributed by atoms with van der Waals surface area (Å²) in [6.45, 7) is 5.79. The van der Waals surface area contributed by atoms with E-state index in [2.05, 4.69) is 41.7 Å². The number of carboxylic acid groups (broad SMARTS) is 2. The number of rotatable bonds is 32. The van der Waals surface area contributed by atoms with Crippen LogP contribution in [0.4, 0.5) is 0 Å². The Morgan fingerprint density at radius 3 is 1.78 bits per heavy atom. The van der Waals surface area contributed by atoms with Gasteiger partial charge in [0, 0.05) is 12.8 Å². The van der Waals surface area contributed by atoms with Gasteiger partial charge in [0.25, 0.3) is 0 Å². The molecular formula is C45H66N9O17PS. The Balaban J connectivity index is 2.45. The van der Waals surface area contributed by atoms with Crippen molar-refractivity contribution in [1.82, 2.24) is 37.2 Å². The second kappa shape index (κ2) is 30.4. The number of aliphatic carboxylic acids is 2. The maximum atomic E-state index is 14.3. The second-order valence-corrected chi connectivity index (χ2v) is 19.6. The molecule has 0 aromatic heterocycles. The molecule has 0 saturated heterocycles. The van der Waals surface area contributed by atoms with Gasteiger partial charge in [0.05, 0.1) is 13.0 Å². The number of thioether (sulfide) groups is 1. The van der Waals surface area contributed by atoms with E-state index in [1.54, 1.807) is 64.3 Å². The second-order valence-electron chi connectivity index (χ2n) is 17.5. The number of aliphatic hydroxyl groups excluding tert-OH is 1. The summed E-state index contributed by atoms with van der Waals surface area (Å²) in [5, 5.41) is 45.9. The molecule has 1 unspecified atom stereocenters. The zero-order chi connectivity index (χ0) is 55.2. The number of nitrogens with two attached hydrogens (primary N) is 2. The molecule has 26 nitrogen and oxygen atoms in total. The third kappa shape index (κ3) is 23.2. The van der Waals surface area contributed by atoms with Crippen molar-refractivity contribution in [2.75, 3.05) is 18.6 Å². The van der Waals surface area contributed by atoms with Gasteiger partial charge in [0.2, 0.25) is 47.3 Å². The lowest BCUT2D eigenvalue weighted by Gasteiger charge is -2.28. The molecule has 0 aliphatic carbocycles. The highest BCUT2D eigenvalue weighted by atomic mass is 32.2. The molecule has 0 radical (unpaired) electrons. The van der Waals surface area contributed by atoms with Gasteiger partial charge < -0.3 is 68.5 Å². The number of carbonyl (C=O) groups excluding carboxylic acids is 8. The zero-order valence-corrected chi connectivity index (χ0v) is 42.5. The van der Waals surface area contributed by atoms with Crippen LogP contribution in [-0.2, 0) is 58.9 Å². The van der Waals surface area contributed by atoms with Crippen LogP contribution in [0.1, 0.15) is 77.0 Å². The van der Waals surface area contributed by atoms with Gasteiger partial charge in [0.15, 0.2) is 0 Å². The van der Waals surface area contributed by atoms with Gasteiger partial charge >= 0.3 is 19.8 Å². The summed E-state index contributed by atoms with van der Waals surface area (Å²) in [5.74, 6) is -11.6. The predicted octanol–water partition coefficient (Wildman–Crippen LogP) is -1.93. The third-order valence-electron chi connectivity index (χ3n) is 10.6. The number of nitrogens with one attached hydrogen (secondary N) is 7. The van der Waals surface area contributed by atoms with Crippen molar-refractivity contribution in [2.45, 2.75) is 115 Å². The largest absolute Gasteiger partial charge is 0.524 e. The van der Waals surface area contributed by atoms with Crippen molar-refractivity contribution in [1.29, 1.82) is 0 Å². The molecule has 404 valence electrons. The van der Waals surface area contributed by atoms with Gasteiger partial charge in [-0.1, -0.05) is 70.2 Å². The summed E-state index contributed by atoms with van der Waals surface area (Å²) in [5.41, 5.74) is 12.2. The number of benzene rings is 2. The van der Waals surface area contributed by atoms with E-state index < -0.39 is 154 Å². The van der Waals surface area contributed by atoms with Crippen molar-refractivity contribution >= 4 is 78.8 Å². The molecule has 8 amide bonds. The van der Waals surface area contributed by atoms with Crippen molar-refractivity contribution in [3.05, 3.63) is 65.7 Å². The first-order valence-corrected chi connectivity index (χ1v) is 25.7. The van der Waals surface area contributed by atoms with Crippen LogP contribution in [0.5, 0.6) is 5.75 Å². The molecular weight excluding hydrogens is 1000 g/mol. The van der Waals surface area contributed by atoms with E-state index >= 15 is 0 Å². The van der Waals surface area contributed by atoms with Crippen molar-refractivity contribution in [3.8, 4) is 5.75 Å². The molecule has 0 bridgehead atoms. The lowest BCUT2D eigenvalue weighted by Crippen LogP contribution is -2.61. The molecule has 0 aliphatic rings. The fraction of sp³-hybridized carbons (Fsp3) is 0.511. The number of hydrogen-bond acceptors (Lipinski definition) is 15. The average molecular weight is 1070 g/mol. The monoisotopic (exact) mass is 1070 g/mol. The Morgan fingerprint density at radius 1 is 0.685 bits per heavy atom. The molecule has 8 atom stereocenters. The van der Waals surface area contributed by atoms with Crippen LogP contribution in [0, 0.1) is 11.8 Å². The Bertz CT molecular complexity index is 2290. The molecule has 0 heterocycles. The topological polar surface area (TPSA) is 434 Å². The van der Waals surface area contributed by atoms with Gasteiger partial charge in [0.1, 0.15) is 54.1 Å². The Hall–Kier alpha value is -6.64. The van der Waals surface area contributed by atoms with Crippen LogP contribution in [0.3, 0.4) is 0 Å². The van der Waals surface area contributed by atoms with Crippen LogP contribution in [-0.4, -0.2) is 145 Å². The highest BCUT2D eigenvalue weighted by Crippen LogP contribution is 2.37. The van der Waals surface area contributed by atoms with Crippen molar-refractivity contribution < 1.29 is 82.1 Å². The maximum Gasteiger partial charge on any atom is 0.524 e. The molecule has 0 saturated carbocycles. The molecule has 0 spiro atoms. The molecule has 0 fully saturated rings. The van der Waals surface area contributed by atoms with Gasteiger partial charge in [-0.25, -0.2) is 9.36 Å². The predicted molar refractivity (Wildman–Crippen MR) is 262 cm³/mol. The summed E-state index contributed by atoms with van der Waals surface area (Å²) >= 11 is 1.31. The number of amides is 8. The van der Waals surface area contributed by atoms with Crippen molar-refractivity contribution in [3.63, 3.8) is 0 Å². The minimum absolute atomic E-state index is 0.0228. The van der Waals surface area contributed by atoms with Crippen LogP contribution in [0.15, 0.2) is 54.6 Å².